The maximum Gasteiger partial charge on any atom is 0.233 e. The molecule has 0 unspecified atom stereocenters. The number of carbonyl (C=O) groups excluding carboxylic acids is 1. The van der Waals surface area contributed by atoms with E-state index in [9.17, 15) is 4.79 Å². The fourth-order valence-corrected chi connectivity index (χ4v) is 6.23. The number of ether oxygens (including phenoxy) is 1. The molecular formula is C23H25N5O2S3. The third kappa shape index (κ3) is 5.87. The Kier molecular flexibility index (Phi) is 7.89. The molecule has 2 aromatic heterocycles. The van der Waals surface area contributed by atoms with Gasteiger partial charge in [0.1, 0.15) is 11.6 Å². The zero-order valence-corrected chi connectivity index (χ0v) is 21.2. The van der Waals surface area contributed by atoms with Crippen molar-refractivity contribution in [2.24, 2.45) is 0 Å². The Labute approximate surface area is 205 Å². The second-order valence-corrected chi connectivity index (χ2v) is 10.5. The van der Waals surface area contributed by atoms with Crippen molar-refractivity contribution in [1.29, 1.82) is 0 Å². The SMILES string of the molecule is CCn1c(CSc2nc3ccccc3s2)nnc1SCC(=O)N(C)Cc1cccc(OC)c1. The number of thiazole rings is 1. The van der Waals surface area contributed by atoms with Crippen LogP contribution in [0, 0.1) is 0 Å². The Bertz CT molecular complexity index is 1210. The van der Waals surface area contributed by atoms with Crippen molar-refractivity contribution in [2.45, 2.75) is 35.3 Å². The largest absolute Gasteiger partial charge is 0.497 e. The fourth-order valence-electron chi connectivity index (χ4n) is 3.26. The number of carbonyl (C=O) groups is 1. The number of benzene rings is 2. The van der Waals surface area contributed by atoms with Crippen molar-refractivity contribution in [2.75, 3.05) is 19.9 Å². The van der Waals surface area contributed by atoms with Gasteiger partial charge in [0.05, 0.1) is 28.8 Å². The topological polar surface area (TPSA) is 73.1 Å². The predicted octanol–water partition coefficient (Wildman–Crippen LogP) is 4.96. The maximum atomic E-state index is 12.7. The summed E-state index contributed by atoms with van der Waals surface area (Å²) in [5.74, 6) is 2.71. The second kappa shape index (κ2) is 11.0. The van der Waals surface area contributed by atoms with E-state index in [1.165, 1.54) is 16.5 Å². The van der Waals surface area contributed by atoms with E-state index in [0.717, 1.165) is 38.7 Å². The van der Waals surface area contributed by atoms with Gasteiger partial charge in [0.2, 0.25) is 5.91 Å². The van der Waals surface area contributed by atoms with E-state index in [1.54, 1.807) is 35.1 Å². The number of methoxy groups -OCH3 is 1. The Morgan fingerprint density at radius 2 is 2.00 bits per heavy atom. The summed E-state index contributed by atoms with van der Waals surface area (Å²) >= 11 is 4.78. The monoisotopic (exact) mass is 499 g/mol. The molecule has 2 aromatic carbocycles. The van der Waals surface area contributed by atoms with Crippen LogP contribution in [0.25, 0.3) is 10.2 Å². The number of hydrogen-bond donors (Lipinski definition) is 0. The van der Waals surface area contributed by atoms with Crippen molar-refractivity contribution in [1.82, 2.24) is 24.6 Å². The molecule has 0 saturated heterocycles. The van der Waals surface area contributed by atoms with E-state index in [0.29, 0.717) is 18.1 Å². The van der Waals surface area contributed by atoms with Crippen molar-refractivity contribution < 1.29 is 9.53 Å². The van der Waals surface area contributed by atoms with Gasteiger partial charge in [-0.3, -0.25) is 4.79 Å². The molecule has 0 atom stereocenters. The molecule has 4 rings (SSSR count). The molecule has 33 heavy (non-hydrogen) atoms. The molecule has 7 nitrogen and oxygen atoms in total. The number of para-hydroxylation sites is 1. The van der Waals surface area contributed by atoms with Gasteiger partial charge in [-0.2, -0.15) is 0 Å². The molecule has 10 heteroatoms. The number of nitrogens with zero attached hydrogens (tertiary/aromatic N) is 5. The normalized spacial score (nSPS) is 11.1. The quantitative estimate of drug-likeness (QED) is 0.286. The van der Waals surface area contributed by atoms with Crippen LogP contribution in [0.15, 0.2) is 58.0 Å². The van der Waals surface area contributed by atoms with E-state index in [4.69, 9.17) is 4.74 Å². The van der Waals surface area contributed by atoms with Gasteiger partial charge in [-0.1, -0.05) is 47.8 Å². The lowest BCUT2D eigenvalue weighted by Gasteiger charge is -2.17. The Morgan fingerprint density at radius 3 is 2.79 bits per heavy atom. The van der Waals surface area contributed by atoms with Gasteiger partial charge in [-0.05, 0) is 36.8 Å². The molecule has 2 heterocycles. The van der Waals surface area contributed by atoms with E-state index >= 15 is 0 Å². The highest BCUT2D eigenvalue weighted by atomic mass is 32.2. The van der Waals surface area contributed by atoms with Crippen molar-refractivity contribution >= 4 is 51.0 Å². The first kappa shape index (κ1) is 23.6. The van der Waals surface area contributed by atoms with Crippen molar-refractivity contribution in [3.63, 3.8) is 0 Å². The number of amides is 1. The third-order valence-electron chi connectivity index (χ3n) is 5.01. The van der Waals surface area contributed by atoms with Crippen molar-refractivity contribution in [3.8, 4) is 5.75 Å². The molecule has 0 fully saturated rings. The lowest BCUT2D eigenvalue weighted by Crippen LogP contribution is -2.27. The maximum absolute atomic E-state index is 12.7. The predicted molar refractivity (Wildman–Crippen MR) is 135 cm³/mol. The minimum Gasteiger partial charge on any atom is -0.497 e. The van der Waals surface area contributed by atoms with E-state index in [1.807, 2.05) is 49.5 Å². The minimum absolute atomic E-state index is 0.0406. The average Bonchev–Trinajstić information content (AvgIpc) is 3.44. The third-order valence-corrected chi connectivity index (χ3v) is 8.14. The first-order valence-corrected chi connectivity index (χ1v) is 13.3. The molecule has 0 aliphatic heterocycles. The summed E-state index contributed by atoms with van der Waals surface area (Å²) in [7, 11) is 3.45. The minimum atomic E-state index is 0.0406. The highest BCUT2D eigenvalue weighted by molar-refractivity contribution is 8.00. The Hall–Kier alpha value is -2.56. The summed E-state index contributed by atoms with van der Waals surface area (Å²) < 4.78 is 9.54. The van der Waals surface area contributed by atoms with E-state index in [2.05, 4.69) is 32.7 Å². The van der Waals surface area contributed by atoms with Crippen LogP contribution in [0.5, 0.6) is 5.75 Å². The van der Waals surface area contributed by atoms with Crippen LogP contribution in [0.3, 0.4) is 0 Å². The first-order valence-electron chi connectivity index (χ1n) is 10.5. The van der Waals surface area contributed by atoms with Crippen LogP contribution in [-0.2, 0) is 23.6 Å². The summed E-state index contributed by atoms with van der Waals surface area (Å²) in [4.78, 5) is 19.1. The second-order valence-electron chi connectivity index (χ2n) is 7.27. The number of aromatic nitrogens is 4. The molecule has 0 bridgehead atoms. The van der Waals surface area contributed by atoms with Crippen LogP contribution in [0.4, 0.5) is 0 Å². The number of hydrogen-bond acceptors (Lipinski definition) is 8. The Morgan fingerprint density at radius 1 is 1.15 bits per heavy atom. The van der Waals surface area contributed by atoms with E-state index < -0.39 is 0 Å². The smallest absolute Gasteiger partial charge is 0.233 e. The highest BCUT2D eigenvalue weighted by Crippen LogP contribution is 2.31. The van der Waals surface area contributed by atoms with Gasteiger partial charge < -0.3 is 14.2 Å². The number of rotatable bonds is 10. The van der Waals surface area contributed by atoms with Crippen molar-refractivity contribution in [3.05, 3.63) is 59.9 Å². The summed E-state index contributed by atoms with van der Waals surface area (Å²) in [6.45, 7) is 3.34. The highest BCUT2D eigenvalue weighted by Gasteiger charge is 2.16. The van der Waals surface area contributed by atoms with Gasteiger partial charge in [0.15, 0.2) is 9.50 Å². The van der Waals surface area contributed by atoms with Crippen LogP contribution in [0.1, 0.15) is 18.3 Å². The molecule has 0 N–H and O–H groups in total. The fraction of sp³-hybridized carbons (Fsp3) is 0.304. The zero-order valence-electron chi connectivity index (χ0n) is 18.7. The van der Waals surface area contributed by atoms with Crippen LogP contribution >= 0.6 is 34.9 Å². The molecule has 172 valence electrons. The zero-order chi connectivity index (χ0) is 23.2. The average molecular weight is 500 g/mol. The Balaban J connectivity index is 1.33. The van der Waals surface area contributed by atoms with Gasteiger partial charge in [-0.25, -0.2) is 4.98 Å². The lowest BCUT2D eigenvalue weighted by atomic mass is 10.2. The first-order chi connectivity index (χ1) is 16.1. The molecule has 0 aliphatic rings. The van der Waals surface area contributed by atoms with Gasteiger partial charge in [-0.15, -0.1) is 21.5 Å². The van der Waals surface area contributed by atoms with Gasteiger partial charge in [0, 0.05) is 20.1 Å². The van der Waals surface area contributed by atoms with Crippen LogP contribution < -0.4 is 4.74 Å². The summed E-state index contributed by atoms with van der Waals surface area (Å²) in [6.07, 6.45) is 0. The number of fused-ring (bicyclic) bond motifs is 1. The number of thioether (sulfide) groups is 2. The summed E-state index contributed by atoms with van der Waals surface area (Å²) in [5, 5.41) is 9.48. The lowest BCUT2D eigenvalue weighted by molar-refractivity contribution is -0.127. The molecule has 0 spiro atoms. The molecule has 0 radical (unpaired) electrons. The molecule has 0 aliphatic carbocycles. The molecule has 1 amide bonds. The van der Waals surface area contributed by atoms with E-state index in [-0.39, 0.29) is 5.91 Å². The van der Waals surface area contributed by atoms with Crippen LogP contribution in [0.2, 0.25) is 0 Å². The molecule has 4 aromatic rings. The van der Waals surface area contributed by atoms with Gasteiger partial charge >= 0.3 is 0 Å². The standard InChI is InChI=1S/C23H25N5O2S3/c1-4-28-20(14-32-23-24-18-10-5-6-11-19(18)33-23)25-26-22(28)31-15-21(29)27(2)13-16-8-7-9-17(12-16)30-3/h5-12H,4,13-15H2,1-3H3. The molecular weight excluding hydrogens is 474 g/mol. The van der Waals surface area contributed by atoms with Gasteiger partial charge in [0.25, 0.3) is 0 Å². The van der Waals surface area contributed by atoms with Crippen LogP contribution in [-0.4, -0.2) is 50.5 Å². The summed E-state index contributed by atoms with van der Waals surface area (Å²) in [5.41, 5.74) is 2.05. The summed E-state index contributed by atoms with van der Waals surface area (Å²) in [6, 6.07) is 15.9. The molecule has 0 saturated carbocycles.